The third-order valence-electron chi connectivity index (χ3n) is 4.75. The van der Waals surface area contributed by atoms with E-state index in [0.717, 1.165) is 36.6 Å². The van der Waals surface area contributed by atoms with Crippen LogP contribution in [-0.4, -0.2) is 41.0 Å². The Morgan fingerprint density at radius 3 is 2.71 bits per heavy atom. The summed E-state index contributed by atoms with van der Waals surface area (Å²) in [6.07, 6.45) is 0.459. The molecule has 0 fully saturated rings. The first-order valence-corrected chi connectivity index (χ1v) is 9.65. The molecule has 0 spiro atoms. The van der Waals surface area contributed by atoms with Gasteiger partial charge in [-0.15, -0.1) is 0 Å². The van der Waals surface area contributed by atoms with Crippen LogP contribution < -0.4 is 16.5 Å². The second-order valence-electron chi connectivity index (χ2n) is 7.42. The maximum absolute atomic E-state index is 13.2. The Morgan fingerprint density at radius 2 is 2.06 bits per heavy atom. The lowest BCUT2D eigenvalue weighted by atomic mass is 9.93. The van der Waals surface area contributed by atoms with Crippen LogP contribution in [0.2, 0.25) is 0 Å². The van der Waals surface area contributed by atoms with Gasteiger partial charge in [-0.1, -0.05) is 24.0 Å². The third-order valence-corrected chi connectivity index (χ3v) is 4.75. The molecule has 1 aliphatic rings. The van der Waals surface area contributed by atoms with Crippen LogP contribution in [-0.2, 0) is 11.3 Å². The molecule has 7 nitrogen and oxygen atoms in total. The molecule has 1 aliphatic heterocycles. The van der Waals surface area contributed by atoms with Crippen LogP contribution in [0.3, 0.4) is 0 Å². The van der Waals surface area contributed by atoms with Gasteiger partial charge in [0.05, 0.1) is 11.5 Å². The minimum absolute atomic E-state index is 0.0227. The fraction of sp³-hybridized carbons (Fsp3) is 0.409. The van der Waals surface area contributed by atoms with Crippen molar-refractivity contribution < 1.29 is 18.8 Å². The lowest BCUT2D eigenvalue weighted by Crippen LogP contribution is -2.65. The van der Waals surface area contributed by atoms with Crippen LogP contribution in [0.25, 0.3) is 0 Å². The van der Waals surface area contributed by atoms with E-state index in [4.69, 9.17) is 10.9 Å². The second-order valence-corrected chi connectivity index (χ2v) is 7.42. The van der Waals surface area contributed by atoms with Gasteiger partial charge < -0.3 is 5.73 Å². The average Bonchev–Trinajstić information content (AvgIpc) is 2.95. The normalized spacial score (nSPS) is 18.4. The van der Waals surface area contributed by atoms with Crippen LogP contribution >= 0.6 is 0 Å². The van der Waals surface area contributed by atoms with Crippen molar-refractivity contribution in [3.8, 4) is 23.7 Å². The molecule has 1 aromatic carbocycles. The standard InChI is InChI=1S/C22H25F2N5O2/c1-15-7-8-17(14-27-28-15)6-4-3-5-16-9-11-18(12-10-16)13-26-19(20(30)29-31)22(2,25)21(23)24/h9-12,14,17,19,21,26,31H,7-8,13,25H2,1-2H3,(H,29,30). The molecule has 0 radical (unpaired) electrons. The fourth-order valence-electron chi connectivity index (χ4n) is 2.75. The number of amides is 1. The number of nitrogens with two attached hydrogens (primary N) is 1. The smallest absolute Gasteiger partial charge is 0.262 e. The zero-order valence-electron chi connectivity index (χ0n) is 17.3. The van der Waals surface area contributed by atoms with Crippen LogP contribution in [0.15, 0.2) is 34.5 Å². The number of carbonyl (C=O) groups is 1. The van der Waals surface area contributed by atoms with Crippen LogP contribution in [0.1, 0.15) is 37.8 Å². The fourth-order valence-corrected chi connectivity index (χ4v) is 2.75. The van der Waals surface area contributed by atoms with E-state index in [1.807, 2.05) is 6.92 Å². The van der Waals surface area contributed by atoms with Gasteiger partial charge in [-0.25, -0.2) is 14.3 Å². The van der Waals surface area contributed by atoms with Crippen molar-refractivity contribution in [2.75, 3.05) is 0 Å². The Labute approximate surface area is 180 Å². The highest BCUT2D eigenvalue weighted by Crippen LogP contribution is 2.18. The largest absolute Gasteiger partial charge is 0.319 e. The van der Waals surface area contributed by atoms with Crippen LogP contribution in [0, 0.1) is 29.6 Å². The minimum Gasteiger partial charge on any atom is -0.319 e. The third kappa shape index (κ3) is 7.26. The first-order chi connectivity index (χ1) is 14.7. The van der Waals surface area contributed by atoms with Gasteiger partial charge in [0.2, 0.25) is 0 Å². The van der Waals surface area contributed by atoms with Crippen molar-refractivity contribution in [1.29, 1.82) is 0 Å². The Morgan fingerprint density at radius 1 is 1.35 bits per heavy atom. The SMILES string of the molecule is CC1=NN=CC(C#CC#Cc2ccc(CNC(C(=O)NO)C(C)(N)C(F)F)cc2)CC1. The van der Waals surface area contributed by atoms with E-state index in [1.54, 1.807) is 30.5 Å². The molecule has 0 aromatic heterocycles. The number of rotatable bonds is 6. The molecule has 0 saturated heterocycles. The Bertz CT molecular complexity index is 950. The zero-order chi connectivity index (χ0) is 22.9. The molecule has 31 heavy (non-hydrogen) atoms. The zero-order valence-corrected chi connectivity index (χ0v) is 17.3. The summed E-state index contributed by atoms with van der Waals surface area (Å²) in [6.45, 7) is 3.06. The number of benzene rings is 1. The van der Waals surface area contributed by atoms with Crippen molar-refractivity contribution in [3.05, 3.63) is 35.4 Å². The minimum atomic E-state index is -2.97. The molecular formula is C22H25F2N5O2. The Kier molecular flexibility index (Phi) is 8.83. The summed E-state index contributed by atoms with van der Waals surface area (Å²) in [5.74, 6) is 10.6. The van der Waals surface area contributed by atoms with E-state index in [0.29, 0.717) is 0 Å². The van der Waals surface area contributed by atoms with E-state index in [2.05, 4.69) is 39.2 Å². The summed E-state index contributed by atoms with van der Waals surface area (Å²) in [5, 5.41) is 19.5. The number of hydrogen-bond acceptors (Lipinski definition) is 6. The van der Waals surface area contributed by atoms with Gasteiger partial charge in [0.1, 0.15) is 6.04 Å². The molecule has 1 aromatic rings. The highest BCUT2D eigenvalue weighted by molar-refractivity contribution is 5.84. The van der Waals surface area contributed by atoms with E-state index in [9.17, 15) is 13.6 Å². The van der Waals surface area contributed by atoms with Crippen molar-refractivity contribution in [1.82, 2.24) is 10.8 Å². The molecule has 0 aliphatic carbocycles. The molecule has 5 N–H and O–H groups in total. The summed E-state index contributed by atoms with van der Waals surface area (Å²) in [6, 6.07) is 5.51. The monoisotopic (exact) mass is 429 g/mol. The number of hydrogen-bond donors (Lipinski definition) is 4. The summed E-state index contributed by atoms with van der Waals surface area (Å²) >= 11 is 0. The number of nitrogens with one attached hydrogen (secondary N) is 2. The Hall–Kier alpha value is -3.11. The first-order valence-electron chi connectivity index (χ1n) is 9.65. The molecule has 0 saturated carbocycles. The van der Waals surface area contributed by atoms with Gasteiger partial charge in [0.15, 0.2) is 0 Å². The molecule has 1 heterocycles. The average molecular weight is 429 g/mol. The maximum atomic E-state index is 13.2. The van der Waals surface area contributed by atoms with Crippen molar-refractivity contribution in [2.24, 2.45) is 21.9 Å². The number of carbonyl (C=O) groups excluding carboxylic acids is 1. The molecule has 2 rings (SSSR count). The van der Waals surface area contributed by atoms with Crippen molar-refractivity contribution in [3.63, 3.8) is 0 Å². The lowest BCUT2D eigenvalue weighted by Gasteiger charge is -2.32. The van der Waals surface area contributed by atoms with Gasteiger partial charge in [-0.2, -0.15) is 10.2 Å². The summed E-state index contributed by atoms with van der Waals surface area (Å²) < 4.78 is 26.4. The van der Waals surface area contributed by atoms with E-state index >= 15 is 0 Å². The molecule has 0 bridgehead atoms. The Balaban J connectivity index is 1.96. The summed E-state index contributed by atoms with van der Waals surface area (Å²) in [7, 11) is 0. The molecule has 3 unspecified atom stereocenters. The number of halogens is 2. The van der Waals surface area contributed by atoms with Gasteiger partial charge in [-0.05, 0) is 56.2 Å². The van der Waals surface area contributed by atoms with Crippen molar-refractivity contribution in [2.45, 2.75) is 51.2 Å². The second kappa shape index (κ2) is 11.3. The number of nitrogens with zero attached hydrogens (tertiary/aromatic N) is 2. The van der Waals surface area contributed by atoms with Crippen molar-refractivity contribution >= 4 is 17.8 Å². The molecule has 1 amide bonds. The molecule has 3 atom stereocenters. The van der Waals surface area contributed by atoms with Crippen LogP contribution in [0.5, 0.6) is 0 Å². The van der Waals surface area contributed by atoms with E-state index in [-0.39, 0.29) is 12.5 Å². The molecular weight excluding hydrogens is 404 g/mol. The van der Waals surface area contributed by atoms with Gasteiger partial charge in [0, 0.05) is 24.0 Å². The number of alkyl halides is 2. The van der Waals surface area contributed by atoms with E-state index in [1.165, 1.54) is 5.48 Å². The first kappa shape index (κ1) is 24.2. The summed E-state index contributed by atoms with van der Waals surface area (Å²) in [4.78, 5) is 11.8. The highest BCUT2D eigenvalue weighted by Gasteiger charge is 2.43. The molecule has 9 heteroatoms. The molecule has 164 valence electrons. The quantitative estimate of drug-likeness (QED) is 0.314. The topological polar surface area (TPSA) is 112 Å². The highest BCUT2D eigenvalue weighted by atomic mass is 19.3. The predicted molar refractivity (Wildman–Crippen MR) is 115 cm³/mol. The van der Waals surface area contributed by atoms with Gasteiger partial charge >= 0.3 is 0 Å². The predicted octanol–water partition coefficient (Wildman–Crippen LogP) is 1.84. The summed E-state index contributed by atoms with van der Waals surface area (Å²) in [5.41, 5.74) is 7.22. The lowest BCUT2D eigenvalue weighted by molar-refractivity contribution is -0.135. The van der Waals surface area contributed by atoms with Gasteiger partial charge in [-0.3, -0.25) is 15.3 Å². The van der Waals surface area contributed by atoms with Crippen LogP contribution in [0.4, 0.5) is 8.78 Å². The van der Waals surface area contributed by atoms with E-state index < -0.39 is 23.9 Å². The maximum Gasteiger partial charge on any atom is 0.262 e. The van der Waals surface area contributed by atoms with Gasteiger partial charge in [0.25, 0.3) is 12.3 Å². The number of hydroxylamine groups is 1.